The molecule has 190 valence electrons. The van der Waals surface area contributed by atoms with Crippen molar-refractivity contribution in [3.63, 3.8) is 0 Å². The molecule has 0 heterocycles. The number of likely N-dealkylation sites (N-methyl/N-ethyl adjacent to an activating group) is 1. The van der Waals surface area contributed by atoms with Gasteiger partial charge in [0.15, 0.2) is 0 Å². The smallest absolute Gasteiger partial charge is 0.136 e. The summed E-state index contributed by atoms with van der Waals surface area (Å²) in [5, 5.41) is 7.32. The molecule has 0 radical (unpaired) electrons. The van der Waals surface area contributed by atoms with Crippen LogP contribution in [0.25, 0.3) is 0 Å². The van der Waals surface area contributed by atoms with Gasteiger partial charge in [0.25, 0.3) is 0 Å². The molecule has 35 heavy (non-hydrogen) atoms. The van der Waals surface area contributed by atoms with Crippen LogP contribution in [0.3, 0.4) is 0 Å². The molecule has 1 atom stereocenters. The van der Waals surface area contributed by atoms with E-state index in [9.17, 15) is 0 Å². The van der Waals surface area contributed by atoms with Gasteiger partial charge in [0.1, 0.15) is 11.3 Å². The number of hydrogen-bond acceptors (Lipinski definition) is 2. The van der Waals surface area contributed by atoms with Crippen molar-refractivity contribution in [3.05, 3.63) is 70.8 Å². The molecule has 4 rings (SSSR count). The topological polar surface area (TPSA) is 27.0 Å². The molecule has 2 aliphatic rings. The van der Waals surface area contributed by atoms with Crippen LogP contribution in [0, 0.1) is 11.3 Å². The number of nitrogens with zero attached hydrogens (tertiary/aromatic N) is 2. The predicted molar refractivity (Wildman–Crippen MR) is 141 cm³/mol. The molecule has 0 saturated heterocycles. The standard InChI is InChI=1S/C29H39F2N.C2H3N/c1-23(32(2)22-17-24-11-4-3-5-12-24)15-16-25-26(28(30)18-6-7-19-28)13-10-14-27(25)29(31)20-8-9-21-29;1-2-3/h3-5,10-14,23H,6-9,15-22H2,1-2H3;1H3. The molecule has 0 N–H and O–H groups in total. The fraction of sp³-hybridized carbons (Fsp3) is 0.581. The molecule has 2 aromatic carbocycles. The molecule has 2 aliphatic carbocycles. The minimum Gasteiger partial charge on any atom is -0.303 e. The molecular formula is C31H42F2N2. The van der Waals surface area contributed by atoms with Gasteiger partial charge in [-0.1, -0.05) is 48.5 Å². The molecule has 2 saturated carbocycles. The highest BCUT2D eigenvalue weighted by atomic mass is 19.1. The van der Waals surface area contributed by atoms with E-state index >= 15 is 8.78 Å². The first kappa shape index (κ1) is 27.3. The van der Waals surface area contributed by atoms with Crippen LogP contribution in [0.15, 0.2) is 48.5 Å². The van der Waals surface area contributed by atoms with Crippen LogP contribution in [-0.4, -0.2) is 24.5 Å². The van der Waals surface area contributed by atoms with Gasteiger partial charge < -0.3 is 4.90 Å². The summed E-state index contributed by atoms with van der Waals surface area (Å²) in [6, 6.07) is 18.5. The summed E-state index contributed by atoms with van der Waals surface area (Å²) < 4.78 is 31.9. The fourth-order valence-electron chi connectivity index (χ4n) is 5.85. The Morgan fingerprint density at radius 3 is 1.83 bits per heavy atom. The van der Waals surface area contributed by atoms with Gasteiger partial charge in [-0.3, -0.25) is 0 Å². The molecule has 0 bridgehead atoms. The van der Waals surface area contributed by atoms with Crippen LogP contribution in [0.5, 0.6) is 0 Å². The summed E-state index contributed by atoms with van der Waals surface area (Å²) in [6.07, 6.45) is 8.72. The third-order valence-corrected chi connectivity index (χ3v) is 8.09. The first-order valence-electron chi connectivity index (χ1n) is 13.4. The van der Waals surface area contributed by atoms with Gasteiger partial charge in [0.05, 0.1) is 6.07 Å². The second-order valence-corrected chi connectivity index (χ2v) is 10.5. The minimum absolute atomic E-state index is 0.359. The van der Waals surface area contributed by atoms with Crippen molar-refractivity contribution in [2.45, 2.75) is 102 Å². The molecule has 4 heteroatoms. The van der Waals surface area contributed by atoms with Crippen LogP contribution in [0.4, 0.5) is 8.78 Å². The maximum atomic E-state index is 16.0. The molecule has 0 aliphatic heterocycles. The molecule has 2 nitrogen and oxygen atoms in total. The van der Waals surface area contributed by atoms with Crippen molar-refractivity contribution in [1.82, 2.24) is 4.90 Å². The van der Waals surface area contributed by atoms with E-state index < -0.39 is 11.3 Å². The average Bonchev–Trinajstić information content (AvgIpc) is 3.51. The average molecular weight is 481 g/mol. The first-order chi connectivity index (χ1) is 16.8. The Bertz CT molecular complexity index is 913. The number of alkyl halides is 2. The highest BCUT2D eigenvalue weighted by Crippen LogP contribution is 2.49. The lowest BCUT2D eigenvalue weighted by Crippen LogP contribution is -2.32. The summed E-state index contributed by atoms with van der Waals surface area (Å²) in [5.41, 5.74) is 1.35. The number of benzene rings is 2. The van der Waals surface area contributed by atoms with Crippen LogP contribution < -0.4 is 0 Å². The minimum atomic E-state index is -1.28. The van der Waals surface area contributed by atoms with E-state index in [0.29, 0.717) is 31.7 Å². The molecule has 1 unspecified atom stereocenters. The number of halogens is 2. The Morgan fingerprint density at radius 1 is 0.857 bits per heavy atom. The van der Waals surface area contributed by atoms with Crippen molar-refractivity contribution in [3.8, 4) is 6.07 Å². The van der Waals surface area contributed by atoms with Crippen LogP contribution in [0.2, 0.25) is 0 Å². The van der Waals surface area contributed by atoms with E-state index in [-0.39, 0.29) is 0 Å². The largest absolute Gasteiger partial charge is 0.303 e. The summed E-state index contributed by atoms with van der Waals surface area (Å²) in [6.45, 7) is 4.66. The lowest BCUT2D eigenvalue weighted by Gasteiger charge is -2.31. The van der Waals surface area contributed by atoms with Gasteiger partial charge in [-0.25, -0.2) is 8.78 Å². The van der Waals surface area contributed by atoms with Crippen molar-refractivity contribution >= 4 is 0 Å². The van der Waals surface area contributed by atoms with E-state index in [1.165, 1.54) is 12.5 Å². The zero-order chi connectivity index (χ0) is 25.3. The number of nitriles is 1. The van der Waals surface area contributed by atoms with E-state index in [4.69, 9.17) is 5.26 Å². The van der Waals surface area contributed by atoms with Crippen molar-refractivity contribution < 1.29 is 8.78 Å². The lowest BCUT2D eigenvalue weighted by molar-refractivity contribution is 0.162. The predicted octanol–water partition coefficient (Wildman–Crippen LogP) is 8.19. The van der Waals surface area contributed by atoms with E-state index in [2.05, 4.69) is 49.2 Å². The maximum Gasteiger partial charge on any atom is 0.136 e. The SMILES string of the molecule is CC#N.CC(CCc1c(C2(F)CCCC2)cccc1C1(F)CCCC1)N(C)CCc1ccccc1. The Hall–Kier alpha value is -2.25. The summed E-state index contributed by atoms with van der Waals surface area (Å²) in [4.78, 5) is 2.39. The van der Waals surface area contributed by atoms with Gasteiger partial charge in [-0.15, -0.1) is 0 Å². The van der Waals surface area contributed by atoms with Crippen molar-refractivity contribution in [1.29, 1.82) is 5.26 Å². The second-order valence-electron chi connectivity index (χ2n) is 10.5. The number of rotatable bonds is 9. The van der Waals surface area contributed by atoms with Crippen molar-refractivity contribution in [2.24, 2.45) is 0 Å². The van der Waals surface area contributed by atoms with Gasteiger partial charge in [0.2, 0.25) is 0 Å². The molecule has 0 spiro atoms. The van der Waals surface area contributed by atoms with E-state index in [1.807, 2.05) is 18.2 Å². The third kappa shape index (κ3) is 6.91. The molecular weight excluding hydrogens is 438 g/mol. The van der Waals surface area contributed by atoms with Gasteiger partial charge in [0, 0.05) is 19.5 Å². The molecule has 0 aromatic heterocycles. The Kier molecular flexibility index (Phi) is 9.87. The van der Waals surface area contributed by atoms with Crippen LogP contribution >= 0.6 is 0 Å². The highest BCUT2D eigenvalue weighted by Gasteiger charge is 2.42. The zero-order valence-corrected chi connectivity index (χ0v) is 21.8. The van der Waals surface area contributed by atoms with E-state index in [1.54, 1.807) is 6.07 Å². The molecule has 2 aromatic rings. The zero-order valence-electron chi connectivity index (χ0n) is 21.8. The normalized spacial score (nSPS) is 19.1. The van der Waals surface area contributed by atoms with E-state index in [0.717, 1.165) is 68.2 Å². The third-order valence-electron chi connectivity index (χ3n) is 8.09. The van der Waals surface area contributed by atoms with Crippen LogP contribution in [-0.2, 0) is 24.2 Å². The second kappa shape index (κ2) is 12.6. The monoisotopic (exact) mass is 480 g/mol. The molecule has 0 amide bonds. The first-order valence-corrected chi connectivity index (χ1v) is 13.4. The molecule has 2 fully saturated rings. The van der Waals surface area contributed by atoms with Crippen LogP contribution in [0.1, 0.15) is 93.9 Å². The Labute approximate surface area is 211 Å². The fourth-order valence-corrected chi connectivity index (χ4v) is 5.85. The lowest BCUT2D eigenvalue weighted by atomic mass is 9.80. The summed E-state index contributed by atoms with van der Waals surface area (Å²) in [5.74, 6) is 0. The Morgan fingerprint density at radius 2 is 1.34 bits per heavy atom. The number of hydrogen-bond donors (Lipinski definition) is 0. The van der Waals surface area contributed by atoms with Crippen molar-refractivity contribution in [2.75, 3.05) is 13.6 Å². The maximum absolute atomic E-state index is 16.0. The quantitative estimate of drug-likeness (QED) is 0.362. The Balaban J connectivity index is 0.00000108. The highest BCUT2D eigenvalue weighted by molar-refractivity contribution is 5.43. The van der Waals surface area contributed by atoms with Gasteiger partial charge in [-0.05, 0) is 107 Å². The van der Waals surface area contributed by atoms with Gasteiger partial charge in [-0.2, -0.15) is 5.26 Å². The summed E-state index contributed by atoms with van der Waals surface area (Å²) in [7, 11) is 2.17. The van der Waals surface area contributed by atoms with Gasteiger partial charge >= 0.3 is 0 Å². The summed E-state index contributed by atoms with van der Waals surface area (Å²) >= 11 is 0.